The molecule has 2 aliphatic rings. The van der Waals surface area contributed by atoms with Crippen molar-refractivity contribution in [2.24, 2.45) is 35.5 Å². The second kappa shape index (κ2) is 23.2. The normalized spacial score (nSPS) is 30.1. The topological polar surface area (TPSA) is 72.5 Å². The standard InChI is InChI=1S/C46H92O7Si3/c1-19-33(11)29-34(12)43(52-55(23-5,24-6)25-7)39(17)45-37(15)40(48-18)31-46(50-45)41(51-54(20-2,21-3)22-4)30-35(13)42(49-46)38(16)44(36(14)32-47)53-56(26-8,27-9)28-10/h19,32,34-45H,20-31H2,1-18H3/b33-19+/t34-,35-,36-,37+,38+,39+,40+,41-,42-,43-,44-,45-,46+/m0/s1. The van der Waals surface area contributed by atoms with Crippen LogP contribution in [0.2, 0.25) is 54.4 Å². The van der Waals surface area contributed by atoms with Gasteiger partial charge >= 0.3 is 0 Å². The van der Waals surface area contributed by atoms with Gasteiger partial charge in [-0.05, 0) is 92.9 Å². The van der Waals surface area contributed by atoms with Gasteiger partial charge in [0.25, 0.3) is 0 Å². The summed E-state index contributed by atoms with van der Waals surface area (Å²) < 4.78 is 44.3. The number of ether oxygens (including phenoxy) is 3. The van der Waals surface area contributed by atoms with Crippen LogP contribution in [0.4, 0.5) is 0 Å². The summed E-state index contributed by atoms with van der Waals surface area (Å²) in [5.74, 6) is -0.524. The second-order valence-corrected chi connectivity index (χ2v) is 32.7. The third-order valence-electron chi connectivity index (χ3n) is 15.7. The van der Waals surface area contributed by atoms with Crippen molar-refractivity contribution in [3.63, 3.8) is 0 Å². The Labute approximate surface area is 350 Å². The van der Waals surface area contributed by atoms with E-state index in [4.69, 9.17) is 27.5 Å². The van der Waals surface area contributed by atoms with Crippen LogP contribution in [0.1, 0.15) is 137 Å². The van der Waals surface area contributed by atoms with E-state index in [1.165, 1.54) is 5.57 Å². The van der Waals surface area contributed by atoms with E-state index in [9.17, 15) is 4.79 Å². The van der Waals surface area contributed by atoms with Gasteiger partial charge in [-0.3, -0.25) is 0 Å². The molecule has 56 heavy (non-hydrogen) atoms. The van der Waals surface area contributed by atoms with Gasteiger partial charge in [-0.15, -0.1) is 0 Å². The zero-order valence-corrected chi connectivity index (χ0v) is 42.9. The Hall–Kier alpha value is -0.179. The van der Waals surface area contributed by atoms with E-state index in [0.29, 0.717) is 12.3 Å². The summed E-state index contributed by atoms with van der Waals surface area (Å²) >= 11 is 0. The Balaban J connectivity index is 2.83. The lowest BCUT2D eigenvalue weighted by molar-refractivity contribution is -0.388. The number of allylic oxidation sites excluding steroid dienone is 2. The van der Waals surface area contributed by atoms with Crippen molar-refractivity contribution >= 4 is 31.2 Å². The molecule has 0 aliphatic carbocycles. The van der Waals surface area contributed by atoms with Crippen LogP contribution in [-0.4, -0.2) is 80.8 Å². The Morgan fingerprint density at radius 1 is 0.732 bits per heavy atom. The van der Waals surface area contributed by atoms with Gasteiger partial charge in [0.05, 0.1) is 36.6 Å². The highest BCUT2D eigenvalue weighted by Crippen LogP contribution is 2.51. The van der Waals surface area contributed by atoms with E-state index in [1.807, 2.05) is 14.0 Å². The van der Waals surface area contributed by atoms with Crippen LogP contribution in [0.25, 0.3) is 0 Å². The van der Waals surface area contributed by atoms with Crippen LogP contribution in [0.3, 0.4) is 0 Å². The summed E-state index contributed by atoms with van der Waals surface area (Å²) in [6.07, 6.45) is 4.96. The fourth-order valence-electron chi connectivity index (χ4n) is 10.6. The molecule has 0 radical (unpaired) electrons. The van der Waals surface area contributed by atoms with Crippen molar-refractivity contribution in [1.29, 1.82) is 0 Å². The van der Waals surface area contributed by atoms with Gasteiger partial charge in [0.2, 0.25) is 0 Å². The number of methoxy groups -OCH3 is 1. The molecule has 2 fully saturated rings. The highest BCUT2D eigenvalue weighted by Gasteiger charge is 2.60. The molecule has 0 bridgehead atoms. The SMILES string of the molecule is C/C=C(\C)C[C@H](C)[C@H](O[Si](CC)(CC)CC)[C@@H](C)[C@H]1O[C@@]2(C[C@@H](OC)[C@H]1C)O[C@H]([C@@H](C)[C@@H](O[Si](CC)(CC)CC)[C@@H](C)C=O)[C@@H](C)C[C@@H]2O[Si](CC)(CC)CC. The highest BCUT2D eigenvalue weighted by molar-refractivity contribution is 6.74. The van der Waals surface area contributed by atoms with Crippen LogP contribution in [0.15, 0.2) is 11.6 Å². The molecule has 13 atom stereocenters. The monoisotopic (exact) mass is 841 g/mol. The van der Waals surface area contributed by atoms with Crippen LogP contribution in [0, 0.1) is 35.5 Å². The van der Waals surface area contributed by atoms with E-state index in [1.54, 1.807) is 0 Å². The fraction of sp³-hybridized carbons (Fsp3) is 0.935. The molecule has 1 spiro atoms. The smallest absolute Gasteiger partial charge is 0.196 e. The van der Waals surface area contributed by atoms with Crippen LogP contribution in [-0.2, 0) is 32.3 Å². The van der Waals surface area contributed by atoms with Gasteiger partial charge in [-0.2, -0.15) is 0 Å². The average Bonchev–Trinajstić information content (AvgIpc) is 3.22. The molecule has 2 rings (SSSR count). The molecule has 7 nitrogen and oxygen atoms in total. The predicted molar refractivity (Wildman–Crippen MR) is 244 cm³/mol. The van der Waals surface area contributed by atoms with Crippen LogP contribution < -0.4 is 0 Å². The Bertz CT molecular complexity index is 1150. The summed E-state index contributed by atoms with van der Waals surface area (Å²) in [5.41, 5.74) is 1.40. The van der Waals surface area contributed by atoms with Crippen LogP contribution >= 0.6 is 0 Å². The molecule has 2 heterocycles. The molecular weight excluding hydrogens is 749 g/mol. The largest absolute Gasteiger partial charge is 0.413 e. The first kappa shape index (κ1) is 52.0. The quantitative estimate of drug-likeness (QED) is 0.0515. The summed E-state index contributed by atoms with van der Waals surface area (Å²) in [6.45, 7) is 38.8. The van der Waals surface area contributed by atoms with Crippen LogP contribution in [0.5, 0.6) is 0 Å². The number of carbonyl (C=O) groups is 1. The van der Waals surface area contributed by atoms with E-state index >= 15 is 0 Å². The maximum Gasteiger partial charge on any atom is 0.196 e. The number of hydrogen-bond donors (Lipinski definition) is 0. The van der Waals surface area contributed by atoms with E-state index in [0.717, 1.165) is 73.5 Å². The Kier molecular flexibility index (Phi) is 21.5. The zero-order valence-electron chi connectivity index (χ0n) is 39.9. The predicted octanol–water partition coefficient (Wildman–Crippen LogP) is 12.8. The molecule has 0 aromatic heterocycles. The lowest BCUT2D eigenvalue weighted by atomic mass is 9.74. The second-order valence-electron chi connectivity index (χ2n) is 18.6. The van der Waals surface area contributed by atoms with Gasteiger partial charge in [0.1, 0.15) is 6.29 Å². The molecule has 2 aliphatic heterocycles. The minimum Gasteiger partial charge on any atom is -0.413 e. The molecule has 10 heteroatoms. The molecule has 0 unspecified atom stereocenters. The molecule has 0 amide bonds. The number of carbonyl (C=O) groups excluding carboxylic acids is 1. The third kappa shape index (κ3) is 11.8. The van der Waals surface area contributed by atoms with Gasteiger partial charge in [-0.1, -0.05) is 116 Å². The van der Waals surface area contributed by atoms with E-state index in [2.05, 4.69) is 117 Å². The first-order valence-corrected chi connectivity index (χ1v) is 31.0. The molecule has 0 aromatic rings. The molecular formula is C46H92O7Si3. The fourth-order valence-corrected chi connectivity index (χ4v) is 19.5. The van der Waals surface area contributed by atoms with Gasteiger partial charge < -0.3 is 32.3 Å². The highest BCUT2D eigenvalue weighted by atomic mass is 28.4. The first-order chi connectivity index (χ1) is 26.4. The number of hydrogen-bond acceptors (Lipinski definition) is 7. The van der Waals surface area contributed by atoms with Gasteiger partial charge in [-0.25, -0.2) is 0 Å². The molecule has 0 N–H and O–H groups in total. The minimum absolute atomic E-state index is 0.0184. The summed E-state index contributed by atoms with van der Waals surface area (Å²) in [7, 11) is -4.23. The zero-order chi connectivity index (χ0) is 42.6. The van der Waals surface area contributed by atoms with Crippen molar-refractivity contribution < 1.29 is 32.3 Å². The maximum atomic E-state index is 12.6. The molecule has 330 valence electrons. The maximum absolute atomic E-state index is 12.6. The first-order valence-electron chi connectivity index (χ1n) is 23.4. The molecule has 2 saturated heterocycles. The van der Waals surface area contributed by atoms with Crippen molar-refractivity contribution in [1.82, 2.24) is 0 Å². The Morgan fingerprint density at radius 3 is 1.61 bits per heavy atom. The summed E-state index contributed by atoms with van der Waals surface area (Å²) in [4.78, 5) is 12.6. The summed E-state index contributed by atoms with van der Waals surface area (Å²) in [6, 6.07) is 9.63. The van der Waals surface area contributed by atoms with Gasteiger partial charge in [0, 0.05) is 37.2 Å². The van der Waals surface area contributed by atoms with Gasteiger partial charge in [0.15, 0.2) is 30.7 Å². The summed E-state index contributed by atoms with van der Waals surface area (Å²) in [5, 5.41) is 0. The lowest BCUT2D eigenvalue weighted by Crippen LogP contribution is -2.68. The lowest BCUT2D eigenvalue weighted by Gasteiger charge is -2.58. The molecule has 0 aromatic carbocycles. The number of rotatable bonds is 25. The van der Waals surface area contributed by atoms with E-state index in [-0.39, 0.29) is 66.2 Å². The van der Waals surface area contributed by atoms with Crippen molar-refractivity contribution in [3.05, 3.63) is 11.6 Å². The Morgan fingerprint density at radius 2 is 1.18 bits per heavy atom. The third-order valence-corrected chi connectivity index (χ3v) is 29.6. The number of aldehydes is 1. The van der Waals surface area contributed by atoms with Crippen molar-refractivity contribution in [3.8, 4) is 0 Å². The molecule has 0 saturated carbocycles. The van der Waals surface area contributed by atoms with E-state index < -0.39 is 30.7 Å². The minimum atomic E-state index is -2.08. The average molecular weight is 841 g/mol. The van der Waals surface area contributed by atoms with Crippen molar-refractivity contribution in [2.75, 3.05) is 7.11 Å². The van der Waals surface area contributed by atoms with Crippen molar-refractivity contribution in [2.45, 2.75) is 234 Å².